The molecule has 2 N–H and O–H groups in total. The Labute approximate surface area is 177 Å². The molecule has 29 heavy (non-hydrogen) atoms. The quantitative estimate of drug-likeness (QED) is 0.664. The van der Waals surface area contributed by atoms with Gasteiger partial charge in [-0.25, -0.2) is 0 Å². The molecule has 1 saturated carbocycles. The van der Waals surface area contributed by atoms with E-state index in [1.807, 2.05) is 0 Å². The van der Waals surface area contributed by atoms with Crippen molar-refractivity contribution in [2.45, 2.75) is 89.9 Å². The average molecular weight is 417 g/mol. The predicted molar refractivity (Wildman–Crippen MR) is 115 cm³/mol. The minimum absolute atomic E-state index is 0.231. The van der Waals surface area contributed by atoms with Crippen LogP contribution in [0, 0.1) is 23.2 Å². The van der Waals surface area contributed by atoms with Gasteiger partial charge < -0.3 is 10.4 Å². The standard InChI is InChI=1S/C23H32N2O3S/c24-15-19-16-11-7-5-3-1-2-4-6-8-14-20(16)29-22(19)25-21(26)17-12-9-10-13-18(17)23(27)28/h17-18H,1-14H2,(H,25,26)(H,27,28)/t17-,18+/m1/s1. The van der Waals surface area contributed by atoms with Gasteiger partial charge in [0.25, 0.3) is 0 Å². The Morgan fingerprint density at radius 3 is 2.10 bits per heavy atom. The molecule has 0 unspecified atom stereocenters. The number of carboxylic acids is 1. The first kappa shape index (κ1) is 21.8. The van der Waals surface area contributed by atoms with Crippen LogP contribution in [0.15, 0.2) is 0 Å². The zero-order valence-corrected chi connectivity index (χ0v) is 18.0. The van der Waals surface area contributed by atoms with Crippen LogP contribution < -0.4 is 5.32 Å². The lowest BCUT2D eigenvalue weighted by molar-refractivity contribution is -0.147. The molecule has 2 atom stereocenters. The highest BCUT2D eigenvalue weighted by atomic mass is 32.1. The highest BCUT2D eigenvalue weighted by Gasteiger charge is 2.36. The van der Waals surface area contributed by atoms with E-state index in [1.54, 1.807) is 0 Å². The summed E-state index contributed by atoms with van der Waals surface area (Å²) in [5.74, 6) is -2.24. The minimum Gasteiger partial charge on any atom is -0.481 e. The SMILES string of the molecule is N#Cc1c(NC(=O)[C@@H]2CCCC[C@@H]2C(=O)O)sc2c1CCCCCCCCCC2. The number of carboxylic acid groups (broad SMARTS) is 1. The second-order valence-electron chi connectivity index (χ2n) is 8.47. The van der Waals surface area contributed by atoms with Crippen LogP contribution in [0.1, 0.15) is 93.1 Å². The fourth-order valence-corrected chi connectivity index (χ4v) is 6.02. The Morgan fingerprint density at radius 1 is 0.897 bits per heavy atom. The van der Waals surface area contributed by atoms with Crippen LogP contribution >= 0.6 is 11.3 Å². The molecule has 2 aliphatic rings. The molecule has 0 radical (unpaired) electrons. The number of carbonyl (C=O) groups is 2. The number of aliphatic carboxylic acids is 1. The van der Waals surface area contributed by atoms with Crippen molar-refractivity contribution in [3.8, 4) is 6.07 Å². The number of hydrogen-bond acceptors (Lipinski definition) is 4. The molecule has 0 aromatic carbocycles. The molecule has 0 saturated heterocycles. The van der Waals surface area contributed by atoms with Crippen LogP contribution in [0.5, 0.6) is 0 Å². The number of nitriles is 1. The molecule has 1 amide bonds. The van der Waals surface area contributed by atoms with Crippen LogP contribution in [0.4, 0.5) is 5.00 Å². The molecule has 1 aromatic heterocycles. The lowest BCUT2D eigenvalue weighted by Crippen LogP contribution is -2.36. The lowest BCUT2D eigenvalue weighted by atomic mass is 9.79. The summed E-state index contributed by atoms with van der Waals surface area (Å²) in [6.07, 6.45) is 14.5. The molecule has 3 rings (SSSR count). The van der Waals surface area contributed by atoms with Crippen molar-refractivity contribution in [1.29, 1.82) is 5.26 Å². The van der Waals surface area contributed by atoms with E-state index in [0.717, 1.165) is 44.1 Å². The number of nitrogens with one attached hydrogen (secondary N) is 1. The molecule has 5 nitrogen and oxygen atoms in total. The van der Waals surface area contributed by atoms with E-state index in [0.29, 0.717) is 23.4 Å². The number of hydrogen-bond donors (Lipinski definition) is 2. The Morgan fingerprint density at radius 2 is 1.48 bits per heavy atom. The Bertz CT molecular complexity index is 765. The number of rotatable bonds is 3. The van der Waals surface area contributed by atoms with Gasteiger partial charge in [0.2, 0.25) is 5.91 Å². The second-order valence-corrected chi connectivity index (χ2v) is 9.58. The summed E-state index contributed by atoms with van der Waals surface area (Å²) in [5.41, 5.74) is 1.73. The number of fused-ring (bicyclic) bond motifs is 1. The maximum atomic E-state index is 12.9. The third-order valence-electron chi connectivity index (χ3n) is 6.44. The van der Waals surface area contributed by atoms with Crippen molar-refractivity contribution in [1.82, 2.24) is 0 Å². The van der Waals surface area contributed by atoms with E-state index in [1.165, 1.54) is 54.7 Å². The molecule has 0 bridgehead atoms. The van der Waals surface area contributed by atoms with Crippen molar-refractivity contribution in [3.63, 3.8) is 0 Å². The molecule has 6 heteroatoms. The largest absolute Gasteiger partial charge is 0.481 e. The molecule has 158 valence electrons. The zero-order chi connectivity index (χ0) is 20.6. The van der Waals surface area contributed by atoms with E-state index >= 15 is 0 Å². The van der Waals surface area contributed by atoms with Crippen LogP contribution in [-0.2, 0) is 22.4 Å². The summed E-state index contributed by atoms with van der Waals surface area (Å²) < 4.78 is 0. The summed E-state index contributed by atoms with van der Waals surface area (Å²) in [5, 5.41) is 22.9. The van der Waals surface area contributed by atoms with Gasteiger partial charge in [-0.2, -0.15) is 5.26 Å². The van der Waals surface area contributed by atoms with Crippen molar-refractivity contribution < 1.29 is 14.7 Å². The normalized spacial score (nSPS) is 23.7. The predicted octanol–water partition coefficient (Wildman–Crippen LogP) is 5.67. The van der Waals surface area contributed by atoms with E-state index < -0.39 is 17.8 Å². The number of nitrogens with zero attached hydrogens (tertiary/aromatic N) is 1. The summed E-state index contributed by atoms with van der Waals surface area (Å²) in [6, 6.07) is 2.34. The summed E-state index contributed by atoms with van der Waals surface area (Å²) in [6.45, 7) is 0. The highest BCUT2D eigenvalue weighted by molar-refractivity contribution is 7.16. The fourth-order valence-electron chi connectivity index (χ4n) is 4.78. The molecule has 1 heterocycles. The summed E-state index contributed by atoms with van der Waals surface area (Å²) in [4.78, 5) is 25.7. The third kappa shape index (κ3) is 5.60. The van der Waals surface area contributed by atoms with Crippen molar-refractivity contribution in [3.05, 3.63) is 16.0 Å². The van der Waals surface area contributed by atoms with E-state index in [-0.39, 0.29) is 5.91 Å². The molecule has 0 aliphatic heterocycles. The second kappa shape index (κ2) is 10.8. The first-order chi connectivity index (χ1) is 14.1. The maximum absolute atomic E-state index is 12.9. The first-order valence-corrected chi connectivity index (χ1v) is 12.0. The molecule has 1 fully saturated rings. The topological polar surface area (TPSA) is 90.2 Å². The minimum atomic E-state index is -0.886. The van der Waals surface area contributed by atoms with Crippen LogP contribution in [0.25, 0.3) is 0 Å². The average Bonchev–Trinajstić information content (AvgIpc) is 3.03. The number of amides is 1. The number of carbonyl (C=O) groups excluding carboxylic acids is 1. The van der Waals surface area contributed by atoms with Crippen LogP contribution in [-0.4, -0.2) is 17.0 Å². The van der Waals surface area contributed by atoms with E-state index in [4.69, 9.17) is 0 Å². The van der Waals surface area contributed by atoms with Crippen LogP contribution in [0.2, 0.25) is 0 Å². The number of aryl methyl sites for hydroxylation is 1. The summed E-state index contributed by atoms with van der Waals surface area (Å²) >= 11 is 1.54. The van der Waals surface area contributed by atoms with Crippen molar-refractivity contribution >= 4 is 28.2 Å². The smallest absolute Gasteiger partial charge is 0.307 e. The van der Waals surface area contributed by atoms with Gasteiger partial charge in [0, 0.05) is 4.88 Å². The third-order valence-corrected chi connectivity index (χ3v) is 7.65. The molecular weight excluding hydrogens is 384 g/mol. The number of thiophene rings is 1. The van der Waals surface area contributed by atoms with Gasteiger partial charge in [-0.15, -0.1) is 11.3 Å². The molecular formula is C23H32N2O3S. The maximum Gasteiger partial charge on any atom is 0.307 e. The monoisotopic (exact) mass is 416 g/mol. The first-order valence-electron chi connectivity index (χ1n) is 11.2. The van der Waals surface area contributed by atoms with Gasteiger partial charge >= 0.3 is 5.97 Å². The molecule has 0 spiro atoms. The fraction of sp³-hybridized carbons (Fsp3) is 0.696. The Kier molecular flexibility index (Phi) is 8.11. The molecule has 2 aliphatic carbocycles. The van der Waals surface area contributed by atoms with Crippen molar-refractivity contribution in [2.75, 3.05) is 5.32 Å². The summed E-state index contributed by atoms with van der Waals surface area (Å²) in [7, 11) is 0. The van der Waals surface area contributed by atoms with Gasteiger partial charge in [-0.3, -0.25) is 9.59 Å². The van der Waals surface area contributed by atoms with Gasteiger partial charge in [-0.05, 0) is 44.1 Å². The van der Waals surface area contributed by atoms with Gasteiger partial charge in [-0.1, -0.05) is 51.4 Å². The lowest BCUT2D eigenvalue weighted by Gasteiger charge is -2.27. The van der Waals surface area contributed by atoms with Crippen LogP contribution in [0.3, 0.4) is 0 Å². The van der Waals surface area contributed by atoms with Gasteiger partial charge in [0.05, 0.1) is 17.4 Å². The van der Waals surface area contributed by atoms with Gasteiger partial charge in [0.15, 0.2) is 0 Å². The number of anilines is 1. The van der Waals surface area contributed by atoms with E-state index in [2.05, 4.69) is 11.4 Å². The van der Waals surface area contributed by atoms with Crippen molar-refractivity contribution in [2.24, 2.45) is 11.8 Å². The Balaban J connectivity index is 1.79. The Hall–Kier alpha value is -1.87. The van der Waals surface area contributed by atoms with Gasteiger partial charge in [0.1, 0.15) is 11.1 Å². The van der Waals surface area contributed by atoms with E-state index in [9.17, 15) is 20.0 Å². The molecule has 1 aromatic rings. The zero-order valence-electron chi connectivity index (χ0n) is 17.2. The highest BCUT2D eigenvalue weighted by Crippen LogP contribution is 2.37.